The van der Waals surface area contributed by atoms with Crippen LogP contribution in [-0.2, 0) is 4.74 Å². The molecule has 17 heavy (non-hydrogen) atoms. The van der Waals surface area contributed by atoms with Crippen LogP contribution in [0.1, 0.15) is 40.0 Å². The summed E-state index contributed by atoms with van der Waals surface area (Å²) in [6, 6.07) is 0. The molecule has 0 aromatic carbocycles. The number of hydrogen-bond acceptors (Lipinski definition) is 2. The van der Waals surface area contributed by atoms with E-state index in [0.717, 1.165) is 0 Å². The van der Waals surface area contributed by atoms with Gasteiger partial charge in [-0.15, -0.1) is 0 Å². The van der Waals surface area contributed by atoms with Gasteiger partial charge in [0.25, 0.3) is 0 Å². The topological polar surface area (TPSA) is 29.5 Å². The molecule has 1 saturated heterocycles. The molecule has 0 amide bonds. The third-order valence-electron chi connectivity index (χ3n) is 3.72. The summed E-state index contributed by atoms with van der Waals surface area (Å²) < 4.78 is 41.5. The van der Waals surface area contributed by atoms with Gasteiger partial charge in [0, 0.05) is 12.3 Å². The van der Waals surface area contributed by atoms with Gasteiger partial charge in [0.05, 0.1) is 18.3 Å². The van der Waals surface area contributed by atoms with Gasteiger partial charge < -0.3 is 9.84 Å². The number of rotatable bonds is 4. The minimum atomic E-state index is -4.13. The predicted molar refractivity (Wildman–Crippen MR) is 58.6 cm³/mol. The fourth-order valence-electron chi connectivity index (χ4n) is 2.66. The Morgan fingerprint density at radius 1 is 1.18 bits per heavy atom. The van der Waals surface area contributed by atoms with E-state index in [2.05, 4.69) is 0 Å². The first kappa shape index (κ1) is 14.8. The summed E-state index contributed by atoms with van der Waals surface area (Å²) in [6.45, 7) is 5.78. The molecule has 0 aliphatic carbocycles. The van der Waals surface area contributed by atoms with Crippen molar-refractivity contribution in [1.29, 1.82) is 0 Å². The Bertz CT molecular complexity index is 242. The average Bonchev–Trinajstić information content (AvgIpc) is 2.38. The predicted octanol–water partition coefficient (Wildman–Crippen LogP) is 3.14. The molecule has 0 saturated carbocycles. The van der Waals surface area contributed by atoms with Crippen molar-refractivity contribution in [2.24, 2.45) is 11.8 Å². The molecule has 0 spiro atoms. The molecule has 5 heteroatoms. The van der Waals surface area contributed by atoms with Crippen molar-refractivity contribution in [3.63, 3.8) is 0 Å². The Morgan fingerprint density at radius 2 is 1.76 bits per heavy atom. The number of halogens is 3. The second kappa shape index (κ2) is 5.57. The third kappa shape index (κ3) is 4.14. The molecule has 0 bridgehead atoms. The molecular weight excluding hydrogens is 233 g/mol. The lowest BCUT2D eigenvalue weighted by Gasteiger charge is -2.24. The van der Waals surface area contributed by atoms with Gasteiger partial charge in [-0.05, 0) is 32.6 Å². The van der Waals surface area contributed by atoms with Crippen LogP contribution in [0.15, 0.2) is 0 Å². The van der Waals surface area contributed by atoms with Gasteiger partial charge in [-0.3, -0.25) is 0 Å². The highest BCUT2D eigenvalue weighted by molar-refractivity contribution is 4.88. The first-order valence-corrected chi connectivity index (χ1v) is 6.12. The van der Waals surface area contributed by atoms with Crippen LogP contribution in [0.4, 0.5) is 13.2 Å². The molecule has 5 atom stereocenters. The van der Waals surface area contributed by atoms with Crippen molar-refractivity contribution in [2.75, 3.05) is 0 Å². The fourth-order valence-corrected chi connectivity index (χ4v) is 2.66. The lowest BCUT2D eigenvalue weighted by Crippen LogP contribution is -2.31. The van der Waals surface area contributed by atoms with Crippen LogP contribution < -0.4 is 0 Å². The summed E-state index contributed by atoms with van der Waals surface area (Å²) in [6.07, 6.45) is -5.50. The normalized spacial score (nSPS) is 36.2. The molecule has 1 heterocycles. The molecule has 0 aromatic heterocycles. The van der Waals surface area contributed by atoms with E-state index in [-0.39, 0.29) is 36.9 Å². The maximum atomic E-state index is 12.0. The zero-order valence-corrected chi connectivity index (χ0v) is 10.5. The van der Waals surface area contributed by atoms with E-state index < -0.39 is 18.7 Å². The molecule has 1 N–H and O–H groups in total. The van der Waals surface area contributed by atoms with E-state index in [1.807, 2.05) is 20.8 Å². The second-order valence-corrected chi connectivity index (χ2v) is 5.06. The molecule has 1 fully saturated rings. The van der Waals surface area contributed by atoms with Crippen LogP contribution >= 0.6 is 0 Å². The standard InChI is InChI=1S/C12H21F3O2/c1-7-8(2)17-9(3)11(7)10(16)5-4-6-12(13,14)15/h7-11,16H,4-6H2,1-3H3. The Kier molecular flexibility index (Phi) is 4.84. The first-order chi connectivity index (χ1) is 7.72. The van der Waals surface area contributed by atoms with Crippen LogP contribution in [0.5, 0.6) is 0 Å². The van der Waals surface area contributed by atoms with Gasteiger partial charge in [0.15, 0.2) is 0 Å². The zero-order valence-electron chi connectivity index (χ0n) is 10.5. The summed E-state index contributed by atoms with van der Waals surface area (Å²) in [4.78, 5) is 0. The number of aliphatic hydroxyl groups is 1. The molecule has 5 unspecified atom stereocenters. The van der Waals surface area contributed by atoms with Crippen molar-refractivity contribution >= 4 is 0 Å². The Balaban J connectivity index is 2.39. The molecule has 0 radical (unpaired) electrons. The summed E-state index contributed by atoms with van der Waals surface area (Å²) in [5.74, 6) is 0.129. The number of aliphatic hydroxyl groups excluding tert-OH is 1. The number of ether oxygens (including phenoxy) is 1. The van der Waals surface area contributed by atoms with E-state index >= 15 is 0 Å². The maximum Gasteiger partial charge on any atom is 0.389 e. The average molecular weight is 254 g/mol. The van der Waals surface area contributed by atoms with Crippen LogP contribution in [0, 0.1) is 11.8 Å². The third-order valence-corrected chi connectivity index (χ3v) is 3.72. The van der Waals surface area contributed by atoms with E-state index in [1.165, 1.54) is 0 Å². The van der Waals surface area contributed by atoms with E-state index in [1.54, 1.807) is 0 Å². The summed E-state index contributed by atoms with van der Waals surface area (Å²) >= 11 is 0. The Hall–Kier alpha value is -0.290. The number of hydrogen-bond donors (Lipinski definition) is 1. The highest BCUT2D eigenvalue weighted by atomic mass is 19.4. The summed E-state index contributed by atoms with van der Waals surface area (Å²) in [7, 11) is 0. The molecule has 102 valence electrons. The monoisotopic (exact) mass is 254 g/mol. The molecule has 1 rings (SSSR count). The molecule has 1 aliphatic rings. The molecule has 0 aromatic rings. The Morgan fingerprint density at radius 3 is 2.18 bits per heavy atom. The maximum absolute atomic E-state index is 12.0. The molecule has 2 nitrogen and oxygen atoms in total. The first-order valence-electron chi connectivity index (χ1n) is 6.12. The van der Waals surface area contributed by atoms with Gasteiger partial charge in [-0.25, -0.2) is 0 Å². The van der Waals surface area contributed by atoms with Crippen LogP contribution in [0.2, 0.25) is 0 Å². The van der Waals surface area contributed by atoms with Crippen LogP contribution in [0.25, 0.3) is 0 Å². The van der Waals surface area contributed by atoms with Crippen LogP contribution in [0.3, 0.4) is 0 Å². The summed E-state index contributed by atoms with van der Waals surface area (Å²) in [5.41, 5.74) is 0. The molecule has 1 aliphatic heterocycles. The minimum Gasteiger partial charge on any atom is -0.393 e. The van der Waals surface area contributed by atoms with Crippen molar-refractivity contribution in [3.05, 3.63) is 0 Å². The highest BCUT2D eigenvalue weighted by Crippen LogP contribution is 2.36. The fraction of sp³-hybridized carbons (Fsp3) is 1.00. The Labute approximate surface area is 100 Å². The zero-order chi connectivity index (χ0) is 13.2. The number of alkyl halides is 3. The van der Waals surface area contributed by atoms with Gasteiger partial charge in [0.1, 0.15) is 0 Å². The second-order valence-electron chi connectivity index (χ2n) is 5.06. The molecular formula is C12H21F3O2. The van der Waals surface area contributed by atoms with E-state index in [0.29, 0.717) is 0 Å². The van der Waals surface area contributed by atoms with Gasteiger partial charge in [0.2, 0.25) is 0 Å². The van der Waals surface area contributed by atoms with E-state index in [9.17, 15) is 18.3 Å². The van der Waals surface area contributed by atoms with Crippen LogP contribution in [-0.4, -0.2) is 29.6 Å². The smallest absolute Gasteiger partial charge is 0.389 e. The highest BCUT2D eigenvalue weighted by Gasteiger charge is 2.41. The van der Waals surface area contributed by atoms with Gasteiger partial charge in [-0.2, -0.15) is 13.2 Å². The quantitative estimate of drug-likeness (QED) is 0.835. The van der Waals surface area contributed by atoms with Gasteiger partial charge in [-0.1, -0.05) is 6.92 Å². The van der Waals surface area contributed by atoms with Crippen molar-refractivity contribution in [1.82, 2.24) is 0 Å². The van der Waals surface area contributed by atoms with E-state index in [4.69, 9.17) is 4.74 Å². The van der Waals surface area contributed by atoms with Crippen molar-refractivity contribution in [3.8, 4) is 0 Å². The minimum absolute atomic E-state index is 0.0189. The largest absolute Gasteiger partial charge is 0.393 e. The lowest BCUT2D eigenvalue weighted by molar-refractivity contribution is -0.137. The summed E-state index contributed by atoms with van der Waals surface area (Å²) in [5, 5.41) is 9.96. The van der Waals surface area contributed by atoms with Gasteiger partial charge >= 0.3 is 6.18 Å². The lowest BCUT2D eigenvalue weighted by atomic mass is 9.83. The SMILES string of the molecule is CC1OC(C)C(C(O)CCCC(F)(F)F)C1C. The van der Waals surface area contributed by atoms with Crippen molar-refractivity contribution in [2.45, 2.75) is 64.5 Å². The van der Waals surface area contributed by atoms with Crippen molar-refractivity contribution < 1.29 is 23.0 Å².